The fourth-order valence-corrected chi connectivity index (χ4v) is 3.46. The van der Waals surface area contributed by atoms with Gasteiger partial charge in [-0.25, -0.2) is 13.1 Å². The summed E-state index contributed by atoms with van der Waals surface area (Å²) < 4.78 is 30.6. The molecular formula is C11H10Cl2N2O4S. The van der Waals surface area contributed by atoms with Crippen molar-refractivity contribution in [2.24, 2.45) is 0 Å². The van der Waals surface area contributed by atoms with Crippen LogP contribution in [0, 0.1) is 11.3 Å². The van der Waals surface area contributed by atoms with Gasteiger partial charge < -0.3 is 4.74 Å². The number of rotatable bonds is 6. The van der Waals surface area contributed by atoms with Gasteiger partial charge in [0.05, 0.1) is 16.5 Å². The lowest BCUT2D eigenvalue weighted by Gasteiger charge is -2.09. The number of ether oxygens (including phenoxy) is 1. The van der Waals surface area contributed by atoms with Gasteiger partial charge in [-0.2, -0.15) is 5.26 Å². The van der Waals surface area contributed by atoms with Crippen molar-refractivity contribution in [1.29, 1.82) is 5.26 Å². The van der Waals surface area contributed by atoms with Crippen molar-refractivity contribution in [2.45, 2.75) is 11.3 Å². The summed E-state index contributed by atoms with van der Waals surface area (Å²) in [7, 11) is -3.92. The Labute approximate surface area is 126 Å². The molecule has 0 heterocycles. The van der Waals surface area contributed by atoms with Crippen LogP contribution in [-0.4, -0.2) is 27.5 Å². The zero-order chi connectivity index (χ0) is 15.2. The molecule has 0 unspecified atom stereocenters. The summed E-state index contributed by atoms with van der Waals surface area (Å²) in [5.74, 6) is -0.681. The van der Waals surface area contributed by atoms with Crippen LogP contribution in [0.5, 0.6) is 0 Å². The van der Waals surface area contributed by atoms with E-state index in [4.69, 9.17) is 28.5 Å². The minimum atomic E-state index is -3.92. The average Bonchev–Trinajstić information content (AvgIpc) is 2.35. The summed E-state index contributed by atoms with van der Waals surface area (Å²) >= 11 is 11.6. The second-order valence-corrected chi connectivity index (χ2v) is 6.04. The summed E-state index contributed by atoms with van der Waals surface area (Å²) in [6.07, 6.45) is -0.205. The van der Waals surface area contributed by atoms with Crippen LogP contribution >= 0.6 is 23.2 Å². The number of sulfonamides is 1. The van der Waals surface area contributed by atoms with Gasteiger partial charge in [-0.1, -0.05) is 29.3 Å². The number of esters is 1. The van der Waals surface area contributed by atoms with Crippen molar-refractivity contribution in [3.05, 3.63) is 28.2 Å². The molecular weight excluding hydrogens is 327 g/mol. The van der Waals surface area contributed by atoms with Crippen LogP contribution in [0.3, 0.4) is 0 Å². The van der Waals surface area contributed by atoms with Crippen molar-refractivity contribution >= 4 is 39.2 Å². The van der Waals surface area contributed by atoms with Crippen LogP contribution in [0.15, 0.2) is 23.1 Å². The Morgan fingerprint density at radius 3 is 2.50 bits per heavy atom. The monoisotopic (exact) mass is 336 g/mol. The molecule has 0 spiro atoms. The first-order valence-electron chi connectivity index (χ1n) is 5.34. The number of hydrogen-bond acceptors (Lipinski definition) is 5. The number of nitrogens with zero attached hydrogens (tertiary/aromatic N) is 1. The zero-order valence-corrected chi connectivity index (χ0v) is 12.4. The molecule has 9 heteroatoms. The van der Waals surface area contributed by atoms with E-state index >= 15 is 0 Å². The van der Waals surface area contributed by atoms with E-state index in [-0.39, 0.29) is 34.5 Å². The minimum Gasteiger partial charge on any atom is -0.450 e. The van der Waals surface area contributed by atoms with Crippen LogP contribution in [0.2, 0.25) is 10.0 Å². The molecule has 0 aliphatic rings. The summed E-state index contributed by atoms with van der Waals surface area (Å²) in [6, 6.07) is 5.93. The number of benzene rings is 1. The number of halogens is 2. The van der Waals surface area contributed by atoms with E-state index in [0.717, 1.165) is 0 Å². The molecule has 0 bridgehead atoms. The van der Waals surface area contributed by atoms with Gasteiger partial charge in [-0.05, 0) is 12.1 Å². The summed E-state index contributed by atoms with van der Waals surface area (Å²) in [6.45, 7) is -0.559. The Morgan fingerprint density at radius 1 is 1.35 bits per heavy atom. The number of carbonyl (C=O) groups excluding carboxylic acids is 1. The lowest BCUT2D eigenvalue weighted by molar-refractivity contribution is -0.142. The molecule has 20 heavy (non-hydrogen) atoms. The Hall–Kier alpha value is -1.33. The molecule has 0 radical (unpaired) electrons. The fourth-order valence-electron chi connectivity index (χ4n) is 1.28. The smallest absolute Gasteiger partial charge is 0.308 e. The molecule has 1 aromatic carbocycles. The summed E-state index contributed by atoms with van der Waals surface area (Å²) in [5, 5.41) is 8.18. The highest BCUT2D eigenvalue weighted by molar-refractivity contribution is 7.89. The van der Waals surface area contributed by atoms with Gasteiger partial charge in [0.15, 0.2) is 6.61 Å². The molecule has 0 fully saturated rings. The van der Waals surface area contributed by atoms with Gasteiger partial charge in [-0.3, -0.25) is 4.79 Å². The standard InChI is InChI=1S/C11H10Cl2N2O4S/c12-8-2-1-3-9(13)11(8)20(17,18)15-6-4-10(16)19-7-5-14/h1-3,15H,4,6-7H2. The predicted molar refractivity (Wildman–Crippen MR) is 72.8 cm³/mol. The largest absolute Gasteiger partial charge is 0.450 e. The topological polar surface area (TPSA) is 96.3 Å². The van der Waals surface area contributed by atoms with Crippen LogP contribution in [0.1, 0.15) is 6.42 Å². The summed E-state index contributed by atoms with van der Waals surface area (Å²) in [5.41, 5.74) is 0. The second kappa shape index (κ2) is 7.45. The molecule has 0 amide bonds. The number of carbonyl (C=O) groups is 1. The lowest BCUT2D eigenvalue weighted by atomic mass is 10.4. The van der Waals surface area contributed by atoms with Gasteiger partial charge in [0, 0.05) is 6.54 Å². The number of nitriles is 1. The molecule has 1 N–H and O–H groups in total. The molecule has 1 rings (SSSR count). The average molecular weight is 337 g/mol. The van der Waals surface area contributed by atoms with E-state index in [0.29, 0.717) is 0 Å². The molecule has 6 nitrogen and oxygen atoms in total. The molecule has 0 aromatic heterocycles. The van der Waals surface area contributed by atoms with Crippen LogP contribution in [0.25, 0.3) is 0 Å². The highest BCUT2D eigenvalue weighted by Gasteiger charge is 2.21. The molecule has 0 atom stereocenters. The zero-order valence-electron chi connectivity index (χ0n) is 10.1. The van der Waals surface area contributed by atoms with Gasteiger partial charge in [-0.15, -0.1) is 0 Å². The van der Waals surface area contributed by atoms with Crippen molar-refractivity contribution in [1.82, 2.24) is 4.72 Å². The van der Waals surface area contributed by atoms with Crippen molar-refractivity contribution in [3.63, 3.8) is 0 Å². The minimum absolute atomic E-state index is 0.0166. The normalized spacial score (nSPS) is 10.8. The maximum Gasteiger partial charge on any atom is 0.308 e. The van der Waals surface area contributed by atoms with E-state index < -0.39 is 16.0 Å². The SMILES string of the molecule is N#CCOC(=O)CCNS(=O)(=O)c1c(Cl)cccc1Cl. The van der Waals surface area contributed by atoms with Crippen molar-refractivity contribution < 1.29 is 17.9 Å². The molecule has 0 saturated carbocycles. The quantitative estimate of drug-likeness (QED) is 0.798. The van der Waals surface area contributed by atoms with E-state index in [1.807, 2.05) is 0 Å². The van der Waals surface area contributed by atoms with Gasteiger partial charge in [0.1, 0.15) is 11.0 Å². The highest BCUT2D eigenvalue weighted by Crippen LogP contribution is 2.28. The predicted octanol–water partition coefficient (Wildman–Crippen LogP) is 1.73. The van der Waals surface area contributed by atoms with Gasteiger partial charge >= 0.3 is 5.97 Å². The van der Waals surface area contributed by atoms with Gasteiger partial charge in [0.2, 0.25) is 10.0 Å². The molecule has 0 aliphatic carbocycles. The first-order valence-corrected chi connectivity index (χ1v) is 7.58. The molecule has 1 aromatic rings. The van der Waals surface area contributed by atoms with Crippen molar-refractivity contribution in [2.75, 3.05) is 13.2 Å². The maximum atomic E-state index is 12.0. The third-order valence-electron chi connectivity index (χ3n) is 2.11. The van der Waals surface area contributed by atoms with Crippen LogP contribution in [-0.2, 0) is 19.6 Å². The Bertz CT molecular complexity index is 620. The van der Waals surface area contributed by atoms with E-state index in [1.54, 1.807) is 6.07 Å². The third kappa shape index (κ3) is 4.65. The molecule has 0 aliphatic heterocycles. The number of hydrogen-bond donors (Lipinski definition) is 1. The summed E-state index contributed by atoms with van der Waals surface area (Å²) in [4.78, 5) is 10.9. The number of nitrogens with one attached hydrogen (secondary N) is 1. The fraction of sp³-hybridized carbons (Fsp3) is 0.273. The lowest BCUT2D eigenvalue weighted by Crippen LogP contribution is -2.27. The molecule has 0 saturated heterocycles. The van der Waals surface area contributed by atoms with E-state index in [9.17, 15) is 13.2 Å². The van der Waals surface area contributed by atoms with Crippen LogP contribution < -0.4 is 4.72 Å². The Balaban J connectivity index is 2.68. The molecule has 108 valence electrons. The van der Waals surface area contributed by atoms with E-state index in [1.165, 1.54) is 18.2 Å². The van der Waals surface area contributed by atoms with E-state index in [2.05, 4.69) is 9.46 Å². The third-order valence-corrected chi connectivity index (χ3v) is 4.52. The highest BCUT2D eigenvalue weighted by atomic mass is 35.5. The second-order valence-electron chi connectivity index (χ2n) is 3.52. The Morgan fingerprint density at radius 2 is 1.95 bits per heavy atom. The van der Waals surface area contributed by atoms with Crippen molar-refractivity contribution in [3.8, 4) is 6.07 Å². The first-order chi connectivity index (χ1) is 9.38. The Kier molecular flexibility index (Phi) is 6.23. The van der Waals surface area contributed by atoms with Gasteiger partial charge in [0.25, 0.3) is 0 Å². The maximum absolute atomic E-state index is 12.0. The first kappa shape index (κ1) is 16.7. The van der Waals surface area contributed by atoms with Crippen LogP contribution in [0.4, 0.5) is 0 Å².